The Balaban J connectivity index is 0.000000206. The molecular weight excluding hydrogens is 239 g/mol. The van der Waals surface area contributed by atoms with Gasteiger partial charge in [-0.15, -0.1) is 0 Å². The maximum absolute atomic E-state index is 3.56. The van der Waals surface area contributed by atoms with E-state index >= 15 is 0 Å². The third kappa shape index (κ3) is 6.61. The van der Waals surface area contributed by atoms with E-state index in [1.54, 1.807) is 6.20 Å². The van der Waals surface area contributed by atoms with E-state index in [0.29, 0.717) is 0 Å². The van der Waals surface area contributed by atoms with E-state index in [-0.39, 0.29) is 32.7 Å². The van der Waals surface area contributed by atoms with Gasteiger partial charge in [0.05, 0.1) is 0 Å². The second kappa shape index (κ2) is 8.08. The summed E-state index contributed by atoms with van der Waals surface area (Å²) in [5.41, 5.74) is 0.870. The summed E-state index contributed by atoms with van der Waals surface area (Å²) in [6.07, 6.45) is 1.61. The van der Waals surface area contributed by atoms with Crippen LogP contribution in [0.3, 0.4) is 0 Å². The number of nitrogens with zero attached hydrogens (tertiary/aromatic N) is 3. The van der Waals surface area contributed by atoms with Gasteiger partial charge in [0, 0.05) is 32.7 Å². The van der Waals surface area contributed by atoms with E-state index in [1.165, 1.54) is 0 Å². The third-order valence-electron chi connectivity index (χ3n) is 1.11. The van der Waals surface area contributed by atoms with Crippen LogP contribution >= 0.6 is 0 Å². The monoisotopic (exact) mass is 248 g/mol. The Kier molecular flexibility index (Phi) is 7.75. The molecule has 2 rings (SSSR count). The van der Waals surface area contributed by atoms with Crippen LogP contribution in [0.25, 0.3) is 0 Å². The molecule has 0 aliphatic rings. The van der Waals surface area contributed by atoms with Crippen molar-refractivity contribution in [2.24, 2.45) is 0 Å². The Hall–Kier alpha value is -0.536. The summed E-state index contributed by atoms with van der Waals surface area (Å²) in [6.45, 7) is 1.85. The molecule has 1 radical (unpaired) electrons. The third-order valence-corrected chi connectivity index (χ3v) is 1.11. The molecule has 0 spiro atoms. The molecule has 0 saturated heterocycles. The van der Waals surface area contributed by atoms with Gasteiger partial charge in [-0.25, -0.2) is 0 Å². The zero-order valence-electron chi connectivity index (χ0n) is 7.38. The minimum atomic E-state index is 0. The van der Waals surface area contributed by atoms with Crippen molar-refractivity contribution in [3.8, 4) is 0 Å². The van der Waals surface area contributed by atoms with Crippen molar-refractivity contribution in [3.05, 3.63) is 48.3 Å². The summed E-state index contributed by atoms with van der Waals surface area (Å²) in [5.74, 6) is 0. The molecule has 0 aliphatic heterocycles. The number of hydrogen-bond acceptors (Lipinski definition) is 2. The van der Waals surface area contributed by atoms with E-state index in [9.17, 15) is 0 Å². The predicted molar refractivity (Wildman–Crippen MR) is 45.4 cm³/mol. The van der Waals surface area contributed by atoms with Gasteiger partial charge in [0.15, 0.2) is 0 Å². The van der Waals surface area contributed by atoms with E-state index in [1.807, 2.05) is 37.3 Å². The van der Waals surface area contributed by atoms with Gasteiger partial charge >= 0.3 is 0 Å². The molecule has 0 amide bonds. The fraction of sp³-hybridized carbons (Fsp3) is 0.111. The van der Waals surface area contributed by atoms with Crippen LogP contribution in [-0.2, 0) is 32.7 Å². The standard InChI is InChI=1S/C6H5.C3H4N3.Y/c1-2-4-6-5-3-1;1-3-2-4-6-5-3;/h1-5H;2H,1H3;/q2*-1;. The molecular formula is C9H9N3Y-2. The average Bonchev–Trinajstić information content (AvgIpc) is 2.60. The molecule has 0 aliphatic carbocycles. The molecule has 1 aromatic heterocycles. The quantitative estimate of drug-likeness (QED) is 0.658. The largest absolute Gasteiger partial charge is 0.358 e. The summed E-state index contributed by atoms with van der Waals surface area (Å²) in [6, 6.07) is 12.5. The topological polar surface area (TPSA) is 39.9 Å². The minimum absolute atomic E-state index is 0. The first-order valence-corrected chi connectivity index (χ1v) is 3.58. The summed E-state index contributed by atoms with van der Waals surface area (Å²) in [5, 5.41) is 10.3. The van der Waals surface area contributed by atoms with Crippen LogP contribution in [0.15, 0.2) is 36.5 Å². The van der Waals surface area contributed by atoms with Crippen LogP contribution < -0.4 is 5.10 Å². The second-order valence-electron chi connectivity index (χ2n) is 2.15. The summed E-state index contributed by atoms with van der Waals surface area (Å²) < 4.78 is 0. The predicted octanol–water partition coefficient (Wildman–Crippen LogP) is 1.23. The maximum Gasteiger partial charge on any atom is 0 e. The summed E-state index contributed by atoms with van der Waals surface area (Å²) >= 11 is 0. The first-order valence-electron chi connectivity index (χ1n) is 3.58. The molecule has 2 aromatic rings. The maximum atomic E-state index is 3.56. The Labute approximate surface area is 103 Å². The molecule has 0 unspecified atom stereocenters. The van der Waals surface area contributed by atoms with Crippen molar-refractivity contribution in [2.45, 2.75) is 6.92 Å². The number of rotatable bonds is 0. The Morgan fingerprint density at radius 2 is 1.92 bits per heavy atom. The van der Waals surface area contributed by atoms with Crippen LogP contribution in [0.5, 0.6) is 0 Å². The molecule has 1 aromatic carbocycles. The second-order valence-corrected chi connectivity index (χ2v) is 2.15. The SMILES string of the molecule is Cc1c[n-]nn1.[Y].[c-]1ccccc1. The van der Waals surface area contributed by atoms with Crippen molar-refractivity contribution in [2.75, 3.05) is 0 Å². The molecule has 13 heavy (non-hydrogen) atoms. The zero-order chi connectivity index (χ0) is 8.65. The smallest absolute Gasteiger partial charge is 0 e. The van der Waals surface area contributed by atoms with Crippen molar-refractivity contribution >= 4 is 0 Å². The zero-order valence-corrected chi connectivity index (χ0v) is 10.2. The molecule has 65 valence electrons. The Morgan fingerprint density at radius 1 is 1.23 bits per heavy atom. The van der Waals surface area contributed by atoms with Crippen LogP contribution in [0.4, 0.5) is 0 Å². The van der Waals surface area contributed by atoms with E-state index in [0.717, 1.165) is 5.69 Å². The van der Waals surface area contributed by atoms with Crippen molar-refractivity contribution in [3.63, 3.8) is 0 Å². The molecule has 0 bridgehead atoms. The van der Waals surface area contributed by atoms with Crippen LogP contribution in [0, 0.1) is 13.0 Å². The van der Waals surface area contributed by atoms with E-state index in [2.05, 4.69) is 21.5 Å². The Bertz CT molecular complexity index is 254. The van der Waals surface area contributed by atoms with E-state index < -0.39 is 0 Å². The van der Waals surface area contributed by atoms with Crippen LogP contribution in [0.2, 0.25) is 0 Å². The van der Waals surface area contributed by atoms with Crippen LogP contribution in [-0.4, -0.2) is 10.3 Å². The number of aryl methyl sites for hydroxylation is 1. The van der Waals surface area contributed by atoms with Crippen LogP contribution in [0.1, 0.15) is 5.69 Å². The minimum Gasteiger partial charge on any atom is -0.358 e. The van der Waals surface area contributed by atoms with Gasteiger partial charge in [0.2, 0.25) is 0 Å². The molecule has 0 fully saturated rings. The average molecular weight is 248 g/mol. The molecule has 0 atom stereocenters. The van der Waals surface area contributed by atoms with Gasteiger partial charge < -0.3 is 10.2 Å². The first kappa shape index (κ1) is 12.5. The molecule has 3 nitrogen and oxygen atoms in total. The summed E-state index contributed by atoms with van der Waals surface area (Å²) in [7, 11) is 0. The first-order chi connectivity index (χ1) is 5.89. The normalized spacial score (nSPS) is 7.77. The van der Waals surface area contributed by atoms with Gasteiger partial charge in [-0.2, -0.15) is 36.4 Å². The van der Waals surface area contributed by atoms with Gasteiger partial charge in [-0.05, 0) is 6.92 Å². The molecule has 0 saturated carbocycles. The van der Waals surface area contributed by atoms with Gasteiger partial charge in [-0.3, -0.25) is 5.21 Å². The van der Waals surface area contributed by atoms with Gasteiger partial charge in [-0.1, -0.05) is 11.9 Å². The van der Waals surface area contributed by atoms with Gasteiger partial charge in [0.1, 0.15) is 0 Å². The number of hydrogen-bond donors (Lipinski definition) is 0. The number of benzene rings is 1. The Morgan fingerprint density at radius 3 is 2.08 bits per heavy atom. The van der Waals surface area contributed by atoms with E-state index in [4.69, 9.17) is 0 Å². The molecule has 1 heterocycles. The molecule has 0 N–H and O–H groups in total. The summed E-state index contributed by atoms with van der Waals surface area (Å²) in [4.78, 5) is 0. The fourth-order valence-electron chi connectivity index (χ4n) is 0.573. The van der Waals surface area contributed by atoms with Crippen molar-refractivity contribution in [1.29, 1.82) is 0 Å². The van der Waals surface area contributed by atoms with Gasteiger partial charge in [0.25, 0.3) is 0 Å². The van der Waals surface area contributed by atoms with Crippen molar-refractivity contribution in [1.82, 2.24) is 15.4 Å². The molecule has 4 heteroatoms. The fourth-order valence-corrected chi connectivity index (χ4v) is 0.573. The number of aromatic nitrogens is 3. The van der Waals surface area contributed by atoms with Crippen molar-refractivity contribution < 1.29 is 32.7 Å².